The average molecular weight is 223 g/mol. The lowest BCUT2D eigenvalue weighted by Gasteiger charge is -1.95. The molecule has 1 aromatic carbocycles. The molecule has 0 aliphatic heterocycles. The maximum atomic E-state index is 9.40. The molecule has 1 aromatic rings. The van der Waals surface area contributed by atoms with Gasteiger partial charge < -0.3 is 10.8 Å². The Morgan fingerprint density at radius 3 is 2.93 bits per heavy atom. The first-order valence-electron chi connectivity index (χ1n) is 4.51. The highest BCUT2D eigenvalue weighted by Gasteiger charge is 1.94. The van der Waals surface area contributed by atoms with Crippen LogP contribution in [0.3, 0.4) is 0 Å². The summed E-state index contributed by atoms with van der Waals surface area (Å²) in [6, 6.07) is 6.90. The van der Waals surface area contributed by atoms with Crippen molar-refractivity contribution in [3.63, 3.8) is 0 Å². The molecule has 0 aromatic heterocycles. The van der Waals surface area contributed by atoms with Crippen molar-refractivity contribution in [2.45, 2.75) is 6.92 Å². The van der Waals surface area contributed by atoms with Crippen molar-refractivity contribution < 1.29 is 5.11 Å². The summed E-state index contributed by atoms with van der Waals surface area (Å²) in [5.74, 6) is 1.04. The van der Waals surface area contributed by atoms with Crippen LogP contribution in [0.15, 0.2) is 34.5 Å². The zero-order chi connectivity index (χ0) is 11.1. The van der Waals surface area contributed by atoms with Crippen LogP contribution >= 0.6 is 11.8 Å². The summed E-state index contributed by atoms with van der Waals surface area (Å²) in [5.41, 5.74) is 6.14. The molecular formula is C10H13N3OS. The van der Waals surface area contributed by atoms with E-state index in [-0.39, 0.29) is 5.75 Å². The van der Waals surface area contributed by atoms with Crippen LogP contribution in [0.4, 0.5) is 0 Å². The van der Waals surface area contributed by atoms with Crippen molar-refractivity contribution in [2.24, 2.45) is 15.9 Å². The van der Waals surface area contributed by atoms with E-state index in [0.717, 1.165) is 5.75 Å². The Hall–Kier alpha value is -1.49. The minimum absolute atomic E-state index is 0.179. The van der Waals surface area contributed by atoms with Crippen molar-refractivity contribution in [2.75, 3.05) is 5.75 Å². The lowest BCUT2D eigenvalue weighted by atomic mass is 10.2. The maximum absolute atomic E-state index is 9.40. The number of phenolic OH excluding ortho intramolecular Hbond substituents is 1. The normalized spacial score (nSPS) is 12.2. The first-order valence-corrected chi connectivity index (χ1v) is 5.50. The molecule has 5 heteroatoms. The lowest BCUT2D eigenvalue weighted by molar-refractivity contribution is 0.474. The third-order valence-electron chi connectivity index (χ3n) is 1.58. The third-order valence-corrected chi connectivity index (χ3v) is 2.25. The molecule has 1 rings (SSSR count). The van der Waals surface area contributed by atoms with E-state index in [0.29, 0.717) is 10.7 Å². The summed E-state index contributed by atoms with van der Waals surface area (Å²) in [6.07, 6.45) is 1.47. The summed E-state index contributed by atoms with van der Waals surface area (Å²) < 4.78 is 0. The zero-order valence-corrected chi connectivity index (χ0v) is 9.24. The summed E-state index contributed by atoms with van der Waals surface area (Å²) >= 11 is 1.42. The lowest BCUT2D eigenvalue weighted by Crippen LogP contribution is -2.05. The Kier molecular flexibility index (Phi) is 4.70. The zero-order valence-electron chi connectivity index (χ0n) is 8.42. The van der Waals surface area contributed by atoms with E-state index < -0.39 is 0 Å². The average Bonchev–Trinajstić information content (AvgIpc) is 2.21. The Bertz CT molecular complexity index is 377. The van der Waals surface area contributed by atoms with Crippen LogP contribution < -0.4 is 5.73 Å². The number of benzene rings is 1. The van der Waals surface area contributed by atoms with Crippen LogP contribution in [0.1, 0.15) is 12.5 Å². The van der Waals surface area contributed by atoms with Crippen molar-refractivity contribution >= 4 is 23.1 Å². The van der Waals surface area contributed by atoms with Crippen molar-refractivity contribution in [1.82, 2.24) is 0 Å². The van der Waals surface area contributed by atoms with E-state index in [4.69, 9.17) is 5.73 Å². The van der Waals surface area contributed by atoms with E-state index in [2.05, 4.69) is 10.2 Å². The molecule has 0 heterocycles. The number of para-hydroxylation sites is 1. The SMILES string of the molecule is CCS/C(N)=N\N=C/c1ccccc1O. The highest BCUT2D eigenvalue weighted by molar-refractivity contribution is 8.13. The highest BCUT2D eigenvalue weighted by atomic mass is 32.2. The summed E-state index contributed by atoms with van der Waals surface area (Å²) in [7, 11) is 0. The van der Waals surface area contributed by atoms with Crippen LogP contribution in [0.2, 0.25) is 0 Å². The largest absolute Gasteiger partial charge is 0.507 e. The van der Waals surface area contributed by atoms with Gasteiger partial charge in [-0.15, -0.1) is 5.10 Å². The summed E-state index contributed by atoms with van der Waals surface area (Å²) in [4.78, 5) is 0. The molecule has 3 N–H and O–H groups in total. The molecule has 0 spiro atoms. The predicted octanol–water partition coefficient (Wildman–Crippen LogP) is 1.79. The number of aromatic hydroxyl groups is 1. The fourth-order valence-corrected chi connectivity index (χ4v) is 1.32. The van der Waals surface area contributed by atoms with Gasteiger partial charge in [-0.1, -0.05) is 30.8 Å². The minimum atomic E-state index is 0.179. The molecule has 0 unspecified atom stereocenters. The molecule has 0 fully saturated rings. The molecule has 0 saturated carbocycles. The van der Waals surface area contributed by atoms with Gasteiger partial charge in [0.05, 0.1) is 6.21 Å². The van der Waals surface area contributed by atoms with Crippen LogP contribution in [0.5, 0.6) is 5.75 Å². The number of hydrogen-bond donors (Lipinski definition) is 2. The molecule has 4 nitrogen and oxygen atoms in total. The molecule has 0 atom stereocenters. The maximum Gasteiger partial charge on any atom is 0.180 e. The molecule has 0 radical (unpaired) electrons. The van der Waals surface area contributed by atoms with Gasteiger partial charge in [0.25, 0.3) is 0 Å². The Balaban J connectivity index is 2.66. The molecule has 0 aliphatic carbocycles. The van der Waals surface area contributed by atoms with Crippen molar-refractivity contribution in [3.05, 3.63) is 29.8 Å². The quantitative estimate of drug-likeness (QED) is 0.466. The van der Waals surface area contributed by atoms with Gasteiger partial charge in [-0.25, -0.2) is 0 Å². The Morgan fingerprint density at radius 2 is 2.27 bits per heavy atom. The monoisotopic (exact) mass is 223 g/mol. The van der Waals surface area contributed by atoms with Crippen LogP contribution in [0, 0.1) is 0 Å². The summed E-state index contributed by atoms with van der Waals surface area (Å²) in [5, 5.41) is 17.4. The van der Waals surface area contributed by atoms with Gasteiger partial charge in [0.15, 0.2) is 5.17 Å². The van der Waals surface area contributed by atoms with Gasteiger partial charge in [0.2, 0.25) is 0 Å². The Labute approximate surface area is 92.9 Å². The first kappa shape index (κ1) is 11.6. The van der Waals surface area contributed by atoms with E-state index in [1.165, 1.54) is 18.0 Å². The van der Waals surface area contributed by atoms with Gasteiger partial charge in [0.1, 0.15) is 5.75 Å². The minimum Gasteiger partial charge on any atom is -0.507 e. The van der Waals surface area contributed by atoms with E-state index >= 15 is 0 Å². The third kappa shape index (κ3) is 4.03. The number of amidine groups is 1. The highest BCUT2D eigenvalue weighted by Crippen LogP contribution is 2.12. The molecule has 80 valence electrons. The van der Waals surface area contributed by atoms with Gasteiger partial charge in [-0.05, 0) is 17.9 Å². The second-order valence-corrected chi connectivity index (χ2v) is 3.96. The van der Waals surface area contributed by atoms with Crippen LogP contribution in [-0.2, 0) is 0 Å². The molecule has 0 bridgehead atoms. The number of phenols is 1. The molecule has 0 amide bonds. The second-order valence-electron chi connectivity index (χ2n) is 2.67. The number of nitrogens with zero attached hydrogens (tertiary/aromatic N) is 2. The fraction of sp³-hybridized carbons (Fsp3) is 0.200. The fourth-order valence-electron chi connectivity index (χ4n) is 0.921. The van der Waals surface area contributed by atoms with E-state index in [1.807, 2.05) is 13.0 Å². The van der Waals surface area contributed by atoms with E-state index in [1.54, 1.807) is 18.2 Å². The number of nitrogens with two attached hydrogens (primary N) is 1. The number of hydrogen-bond acceptors (Lipinski definition) is 4. The first-order chi connectivity index (χ1) is 7.24. The standard InChI is InChI=1S/C10H13N3OS/c1-2-15-10(11)13-12-7-8-5-3-4-6-9(8)14/h3-7,14H,2H2,1H3,(H2,11,13)/b12-7-. The van der Waals surface area contributed by atoms with Crippen LogP contribution in [-0.4, -0.2) is 22.2 Å². The van der Waals surface area contributed by atoms with Gasteiger partial charge in [-0.2, -0.15) is 5.10 Å². The van der Waals surface area contributed by atoms with Gasteiger partial charge >= 0.3 is 0 Å². The van der Waals surface area contributed by atoms with Gasteiger partial charge in [-0.3, -0.25) is 0 Å². The van der Waals surface area contributed by atoms with Crippen LogP contribution in [0.25, 0.3) is 0 Å². The topological polar surface area (TPSA) is 71.0 Å². The second kappa shape index (κ2) is 6.08. The van der Waals surface area contributed by atoms with E-state index in [9.17, 15) is 5.11 Å². The molecule has 15 heavy (non-hydrogen) atoms. The van der Waals surface area contributed by atoms with Crippen molar-refractivity contribution in [3.8, 4) is 5.75 Å². The predicted molar refractivity (Wildman–Crippen MR) is 65.5 cm³/mol. The van der Waals surface area contributed by atoms with Crippen molar-refractivity contribution in [1.29, 1.82) is 0 Å². The Morgan fingerprint density at radius 1 is 1.53 bits per heavy atom. The number of thioether (sulfide) groups is 1. The summed E-state index contributed by atoms with van der Waals surface area (Å²) in [6.45, 7) is 1.99. The molecule has 0 saturated heterocycles. The molecule has 0 aliphatic rings. The number of rotatable bonds is 3. The molecular weight excluding hydrogens is 210 g/mol. The van der Waals surface area contributed by atoms with Gasteiger partial charge in [0, 0.05) is 5.56 Å². The smallest absolute Gasteiger partial charge is 0.180 e.